The van der Waals surface area contributed by atoms with Crippen LogP contribution in [-0.4, -0.2) is 12.1 Å². The molecule has 1 saturated carbocycles. The monoisotopic (exact) mass is 296 g/mol. The van der Waals surface area contributed by atoms with Crippen LogP contribution in [0.25, 0.3) is 0 Å². The molecule has 0 heterocycles. The van der Waals surface area contributed by atoms with Gasteiger partial charge in [-0.05, 0) is 43.9 Å². The van der Waals surface area contributed by atoms with E-state index in [2.05, 4.69) is 52.4 Å². The zero-order chi connectivity index (χ0) is 12.3. The molecule has 1 aliphatic rings. The zero-order valence-electron chi connectivity index (χ0n) is 10.3. The van der Waals surface area contributed by atoms with Gasteiger partial charge in [0.05, 0.1) is 0 Å². The summed E-state index contributed by atoms with van der Waals surface area (Å²) in [5.74, 6) is 0. The number of benzene rings is 1. The molecule has 0 spiro atoms. The fourth-order valence-corrected chi connectivity index (χ4v) is 3.02. The van der Waals surface area contributed by atoms with Gasteiger partial charge in [-0.3, -0.25) is 0 Å². The Bertz CT molecular complexity index is 367. The van der Waals surface area contributed by atoms with Crippen LogP contribution in [0.5, 0.6) is 0 Å². The summed E-state index contributed by atoms with van der Waals surface area (Å²) < 4.78 is 1.14. The largest absolute Gasteiger partial charge is 0.328 e. The van der Waals surface area contributed by atoms with E-state index < -0.39 is 0 Å². The molecule has 1 aromatic rings. The lowest BCUT2D eigenvalue weighted by molar-refractivity contribution is 0.319. The first-order valence-electron chi connectivity index (χ1n) is 6.42. The van der Waals surface area contributed by atoms with Gasteiger partial charge in [0.25, 0.3) is 0 Å². The molecule has 0 aliphatic heterocycles. The Kier molecular flexibility index (Phi) is 4.60. The van der Waals surface area contributed by atoms with Gasteiger partial charge in [0.2, 0.25) is 0 Å². The fourth-order valence-electron chi connectivity index (χ4n) is 2.60. The Morgan fingerprint density at radius 2 is 2.24 bits per heavy atom. The Morgan fingerprint density at radius 1 is 1.41 bits per heavy atom. The molecular formula is C14H21BrN2. The maximum absolute atomic E-state index is 6.02. The molecule has 0 radical (unpaired) electrons. The van der Waals surface area contributed by atoms with E-state index in [1.165, 1.54) is 24.8 Å². The lowest BCUT2D eigenvalue weighted by Crippen LogP contribution is -2.40. The first-order chi connectivity index (χ1) is 8.15. The third-order valence-electron chi connectivity index (χ3n) is 3.55. The Balaban J connectivity index is 1.94. The molecule has 2 nitrogen and oxygen atoms in total. The van der Waals surface area contributed by atoms with Crippen molar-refractivity contribution in [2.75, 3.05) is 0 Å². The van der Waals surface area contributed by atoms with Crippen LogP contribution >= 0.6 is 15.9 Å². The first kappa shape index (κ1) is 13.1. The lowest BCUT2D eigenvalue weighted by Gasteiger charge is -2.30. The molecule has 3 N–H and O–H groups in total. The maximum atomic E-state index is 6.02. The minimum absolute atomic E-state index is 0.385. The van der Waals surface area contributed by atoms with Gasteiger partial charge in [-0.1, -0.05) is 34.5 Å². The first-order valence-corrected chi connectivity index (χ1v) is 7.21. The summed E-state index contributed by atoms with van der Waals surface area (Å²) in [6.07, 6.45) is 4.80. The van der Waals surface area contributed by atoms with Crippen molar-refractivity contribution < 1.29 is 0 Å². The highest BCUT2D eigenvalue weighted by atomic mass is 79.9. The van der Waals surface area contributed by atoms with Crippen LogP contribution in [-0.2, 0) is 0 Å². The molecule has 3 heteroatoms. The molecular weight excluding hydrogens is 276 g/mol. The van der Waals surface area contributed by atoms with Crippen LogP contribution in [0.4, 0.5) is 0 Å². The van der Waals surface area contributed by atoms with Crippen LogP contribution in [0.15, 0.2) is 28.7 Å². The zero-order valence-corrected chi connectivity index (χ0v) is 11.9. The van der Waals surface area contributed by atoms with E-state index in [0.717, 1.165) is 10.9 Å². The molecule has 94 valence electrons. The van der Waals surface area contributed by atoms with Crippen molar-refractivity contribution in [3.63, 3.8) is 0 Å². The molecule has 0 saturated heterocycles. The highest BCUT2D eigenvalue weighted by Gasteiger charge is 2.20. The predicted molar refractivity (Wildman–Crippen MR) is 75.9 cm³/mol. The Labute approximate surface area is 112 Å². The van der Waals surface area contributed by atoms with E-state index in [-0.39, 0.29) is 0 Å². The molecule has 2 unspecified atom stereocenters. The van der Waals surface area contributed by atoms with Crippen molar-refractivity contribution in [1.82, 2.24) is 5.32 Å². The molecule has 0 aromatic heterocycles. The van der Waals surface area contributed by atoms with Crippen LogP contribution in [0.1, 0.15) is 44.2 Å². The molecule has 2 rings (SSSR count). The average Bonchev–Trinajstić information content (AvgIpc) is 2.29. The van der Waals surface area contributed by atoms with Crippen molar-refractivity contribution in [3.05, 3.63) is 34.3 Å². The van der Waals surface area contributed by atoms with E-state index in [1.54, 1.807) is 0 Å². The fraction of sp³-hybridized carbons (Fsp3) is 0.571. The second-order valence-corrected chi connectivity index (χ2v) is 5.98. The van der Waals surface area contributed by atoms with Crippen molar-refractivity contribution in [2.45, 2.75) is 50.7 Å². The van der Waals surface area contributed by atoms with E-state index in [9.17, 15) is 0 Å². The number of hydrogen-bond acceptors (Lipinski definition) is 2. The third kappa shape index (κ3) is 3.80. The molecule has 3 atom stereocenters. The van der Waals surface area contributed by atoms with Crippen LogP contribution in [0.3, 0.4) is 0 Å². The van der Waals surface area contributed by atoms with Gasteiger partial charge in [0.15, 0.2) is 0 Å². The summed E-state index contributed by atoms with van der Waals surface area (Å²) in [6.45, 7) is 2.22. The minimum Gasteiger partial charge on any atom is -0.328 e. The second kappa shape index (κ2) is 5.98. The number of nitrogens with two attached hydrogens (primary N) is 1. The molecule has 1 fully saturated rings. The van der Waals surface area contributed by atoms with Gasteiger partial charge >= 0.3 is 0 Å². The topological polar surface area (TPSA) is 38.0 Å². The van der Waals surface area contributed by atoms with Crippen molar-refractivity contribution in [2.24, 2.45) is 5.73 Å². The number of hydrogen-bond donors (Lipinski definition) is 2. The normalized spacial score (nSPS) is 26.8. The summed E-state index contributed by atoms with van der Waals surface area (Å²) in [4.78, 5) is 0. The van der Waals surface area contributed by atoms with Gasteiger partial charge < -0.3 is 11.1 Å². The number of rotatable bonds is 3. The number of nitrogens with one attached hydrogen (secondary N) is 1. The van der Waals surface area contributed by atoms with E-state index >= 15 is 0 Å². The van der Waals surface area contributed by atoms with Gasteiger partial charge in [-0.15, -0.1) is 0 Å². The van der Waals surface area contributed by atoms with Crippen LogP contribution < -0.4 is 11.1 Å². The predicted octanol–water partition coefficient (Wildman–Crippen LogP) is 3.37. The highest BCUT2D eigenvalue weighted by molar-refractivity contribution is 9.10. The Hall–Kier alpha value is -0.380. The van der Waals surface area contributed by atoms with E-state index in [0.29, 0.717) is 18.1 Å². The van der Waals surface area contributed by atoms with Gasteiger partial charge in [0, 0.05) is 22.6 Å². The summed E-state index contributed by atoms with van der Waals surface area (Å²) in [7, 11) is 0. The highest BCUT2D eigenvalue weighted by Crippen LogP contribution is 2.22. The van der Waals surface area contributed by atoms with Crippen LogP contribution in [0, 0.1) is 0 Å². The van der Waals surface area contributed by atoms with E-state index in [1.807, 2.05) is 0 Å². The average molecular weight is 297 g/mol. The molecule has 1 aromatic carbocycles. The Morgan fingerprint density at radius 3 is 2.94 bits per heavy atom. The quantitative estimate of drug-likeness (QED) is 0.897. The number of halogens is 1. The van der Waals surface area contributed by atoms with Gasteiger partial charge in [-0.2, -0.15) is 0 Å². The van der Waals surface area contributed by atoms with Gasteiger partial charge in [0.1, 0.15) is 0 Å². The maximum Gasteiger partial charge on any atom is 0.0294 e. The molecule has 1 aliphatic carbocycles. The second-order valence-electron chi connectivity index (χ2n) is 5.07. The molecule has 17 heavy (non-hydrogen) atoms. The summed E-state index contributed by atoms with van der Waals surface area (Å²) in [5.41, 5.74) is 7.35. The smallest absolute Gasteiger partial charge is 0.0294 e. The third-order valence-corrected chi connectivity index (χ3v) is 4.04. The standard InChI is InChI=1S/C14H21BrN2/c1-10(11-4-2-5-12(15)8-11)17-14-7-3-6-13(16)9-14/h2,4-5,8,10,13-14,17H,3,6-7,9,16H2,1H3/t10-,13?,14?/m1/s1. The SMILES string of the molecule is C[C@@H](NC1CCCC(N)C1)c1cccc(Br)c1. The van der Waals surface area contributed by atoms with Crippen molar-refractivity contribution >= 4 is 15.9 Å². The van der Waals surface area contributed by atoms with Crippen molar-refractivity contribution in [3.8, 4) is 0 Å². The summed E-state index contributed by atoms with van der Waals surface area (Å²) in [5, 5.41) is 3.69. The minimum atomic E-state index is 0.385. The summed E-state index contributed by atoms with van der Waals surface area (Å²) >= 11 is 3.52. The van der Waals surface area contributed by atoms with E-state index in [4.69, 9.17) is 5.73 Å². The molecule has 0 bridgehead atoms. The van der Waals surface area contributed by atoms with Gasteiger partial charge in [-0.25, -0.2) is 0 Å². The lowest BCUT2D eigenvalue weighted by atomic mass is 9.91. The van der Waals surface area contributed by atoms with Crippen LogP contribution in [0.2, 0.25) is 0 Å². The summed E-state index contributed by atoms with van der Waals surface area (Å²) in [6, 6.07) is 9.86. The van der Waals surface area contributed by atoms with Crippen molar-refractivity contribution in [1.29, 1.82) is 0 Å². The molecule has 0 amide bonds.